The number of allylic oxidation sites excluding steroid dienone is 1. The number of ether oxygens (including phenoxy) is 1. The number of benzene rings is 3. The average Bonchev–Trinajstić information content (AvgIpc) is 3.23. The summed E-state index contributed by atoms with van der Waals surface area (Å²) in [6, 6.07) is 21.1. The summed E-state index contributed by atoms with van der Waals surface area (Å²) in [6.45, 7) is 4.15. The molecule has 2 heterocycles. The molecule has 0 spiro atoms. The van der Waals surface area contributed by atoms with Gasteiger partial charge in [0.2, 0.25) is 0 Å². The number of fused-ring (bicyclic) bond motifs is 3. The summed E-state index contributed by atoms with van der Waals surface area (Å²) in [5, 5.41) is 11.6. The Morgan fingerprint density at radius 3 is 2.68 bits per heavy atom. The van der Waals surface area contributed by atoms with Crippen LogP contribution in [0.5, 0.6) is 5.75 Å². The monoisotopic (exact) mass is 523 g/mol. The van der Waals surface area contributed by atoms with Crippen molar-refractivity contribution in [1.82, 2.24) is 4.57 Å². The highest BCUT2D eigenvalue weighted by molar-refractivity contribution is 7.07. The lowest BCUT2D eigenvalue weighted by Gasteiger charge is -2.30. The van der Waals surface area contributed by atoms with Crippen LogP contribution < -0.4 is 19.6 Å². The molecule has 0 bridgehead atoms. The quantitative estimate of drug-likeness (QED) is 0.274. The molecule has 3 aromatic carbocycles. The fourth-order valence-corrected chi connectivity index (χ4v) is 6.27. The summed E-state index contributed by atoms with van der Waals surface area (Å²) in [7, 11) is 0. The molecule has 1 unspecified atom stereocenters. The number of nitrogens with zero attached hydrogens (tertiary/aromatic N) is 3. The van der Waals surface area contributed by atoms with Gasteiger partial charge in [-0.1, -0.05) is 71.5 Å². The van der Waals surface area contributed by atoms with E-state index in [2.05, 4.69) is 42.5 Å². The van der Waals surface area contributed by atoms with Crippen molar-refractivity contribution in [1.29, 1.82) is 0 Å². The molecule has 1 atom stereocenters. The van der Waals surface area contributed by atoms with Crippen molar-refractivity contribution in [3.63, 3.8) is 0 Å². The number of hydrogen-bond donors (Lipinski definition) is 0. The van der Waals surface area contributed by atoms with Crippen LogP contribution in [0.15, 0.2) is 82.1 Å². The molecule has 7 nitrogen and oxygen atoms in total. The Morgan fingerprint density at radius 2 is 1.92 bits per heavy atom. The second-order valence-corrected chi connectivity index (χ2v) is 10.5. The topological polar surface area (TPSA) is 86.7 Å². The molecule has 1 aromatic heterocycles. The van der Waals surface area contributed by atoms with Crippen LogP contribution in [0.4, 0.5) is 5.69 Å². The lowest BCUT2D eigenvalue weighted by molar-refractivity contribution is -0.385. The highest BCUT2D eigenvalue weighted by atomic mass is 32.1. The van der Waals surface area contributed by atoms with Gasteiger partial charge >= 0.3 is 5.69 Å². The van der Waals surface area contributed by atoms with Crippen molar-refractivity contribution in [2.45, 2.75) is 32.7 Å². The van der Waals surface area contributed by atoms with E-state index in [4.69, 9.17) is 9.73 Å². The lowest BCUT2D eigenvalue weighted by atomic mass is 9.83. The zero-order chi connectivity index (χ0) is 26.4. The average molecular weight is 524 g/mol. The van der Waals surface area contributed by atoms with E-state index in [1.807, 2.05) is 13.0 Å². The maximum atomic E-state index is 13.9. The number of aromatic nitrogens is 1. The zero-order valence-corrected chi connectivity index (χ0v) is 21.8. The Balaban J connectivity index is 1.56. The lowest BCUT2D eigenvalue weighted by Crippen LogP contribution is -2.38. The van der Waals surface area contributed by atoms with Gasteiger partial charge in [-0.15, -0.1) is 0 Å². The molecule has 0 saturated carbocycles. The fourth-order valence-electron chi connectivity index (χ4n) is 5.27. The Bertz CT molecular complexity index is 1800. The first-order chi connectivity index (χ1) is 18.4. The van der Waals surface area contributed by atoms with E-state index in [1.165, 1.54) is 23.0 Å². The van der Waals surface area contributed by atoms with E-state index >= 15 is 0 Å². The third kappa shape index (κ3) is 4.07. The van der Waals surface area contributed by atoms with Gasteiger partial charge in [0.05, 0.1) is 27.8 Å². The van der Waals surface area contributed by atoms with E-state index in [1.54, 1.807) is 29.7 Å². The second-order valence-electron chi connectivity index (χ2n) is 9.44. The summed E-state index contributed by atoms with van der Waals surface area (Å²) in [5.74, 6) is 0.210. The van der Waals surface area contributed by atoms with Crippen LogP contribution in [0.2, 0.25) is 0 Å². The Morgan fingerprint density at radius 1 is 1.13 bits per heavy atom. The van der Waals surface area contributed by atoms with Crippen LogP contribution in [0.25, 0.3) is 11.8 Å². The van der Waals surface area contributed by atoms with Crippen LogP contribution in [-0.2, 0) is 6.42 Å². The molecule has 1 aliphatic heterocycles. The summed E-state index contributed by atoms with van der Waals surface area (Å²) >= 11 is 1.31. The van der Waals surface area contributed by atoms with Crippen molar-refractivity contribution >= 4 is 28.8 Å². The van der Waals surface area contributed by atoms with Crippen LogP contribution in [0.3, 0.4) is 0 Å². The fraction of sp³-hybridized carbons (Fsp3) is 0.200. The normalized spacial score (nSPS) is 16.4. The van der Waals surface area contributed by atoms with E-state index in [-0.39, 0.29) is 23.0 Å². The summed E-state index contributed by atoms with van der Waals surface area (Å²) < 4.78 is 7.68. The highest BCUT2D eigenvalue weighted by Gasteiger charge is 2.32. The number of aryl methyl sites for hydroxylation is 2. The maximum Gasteiger partial charge on any atom is 0.311 e. The van der Waals surface area contributed by atoms with Gasteiger partial charge in [0.15, 0.2) is 10.6 Å². The number of nitro groups is 1. The molecular weight excluding hydrogens is 498 g/mol. The number of rotatable bonds is 5. The van der Waals surface area contributed by atoms with E-state index < -0.39 is 4.92 Å². The third-order valence-electron chi connectivity index (χ3n) is 7.04. The molecule has 4 aromatic rings. The minimum atomic E-state index is -0.465. The molecule has 6 rings (SSSR count). The van der Waals surface area contributed by atoms with E-state index in [0.717, 1.165) is 40.8 Å². The van der Waals surface area contributed by atoms with Gasteiger partial charge in [-0.2, -0.15) is 0 Å². The summed E-state index contributed by atoms with van der Waals surface area (Å²) in [4.78, 5) is 30.7. The van der Waals surface area contributed by atoms with E-state index in [0.29, 0.717) is 21.5 Å². The molecular formula is C30H25N3O4S. The van der Waals surface area contributed by atoms with Crippen LogP contribution in [-0.4, -0.2) is 16.1 Å². The van der Waals surface area contributed by atoms with Crippen molar-refractivity contribution in [2.24, 2.45) is 4.99 Å². The minimum Gasteiger partial charge on any atom is -0.487 e. The predicted molar refractivity (Wildman–Crippen MR) is 148 cm³/mol. The Hall–Kier alpha value is -4.30. The van der Waals surface area contributed by atoms with Gasteiger partial charge in [0.1, 0.15) is 0 Å². The van der Waals surface area contributed by atoms with Crippen molar-refractivity contribution in [3.8, 4) is 5.75 Å². The summed E-state index contributed by atoms with van der Waals surface area (Å²) in [6.07, 6.45) is 3.42. The molecule has 8 heteroatoms. The van der Waals surface area contributed by atoms with Crippen LogP contribution >= 0.6 is 11.3 Å². The van der Waals surface area contributed by atoms with Crippen LogP contribution in [0.1, 0.15) is 47.2 Å². The van der Waals surface area contributed by atoms with Crippen molar-refractivity contribution in [2.75, 3.05) is 6.61 Å². The number of thiazole rings is 1. The molecule has 0 amide bonds. The second kappa shape index (κ2) is 9.54. The van der Waals surface area contributed by atoms with Crippen LogP contribution in [0, 0.1) is 17.0 Å². The molecule has 0 saturated heterocycles. The standard InChI is InChI=1S/C30H25N3O4S/c1-3-37-25-15-10-19(16-24(25)33(35)36)17-26-29(34)32-28(21-11-8-18(2)9-12-21)23-14-13-20-6-4-5-7-22(20)27(23)31-30(32)38-26/h4-12,15-17,28H,3,13-14H2,1-2H3. The molecule has 1 aliphatic carbocycles. The first-order valence-electron chi connectivity index (χ1n) is 12.6. The molecule has 0 fully saturated rings. The maximum absolute atomic E-state index is 13.9. The molecule has 2 aliphatic rings. The van der Waals surface area contributed by atoms with E-state index in [9.17, 15) is 14.9 Å². The van der Waals surface area contributed by atoms with Crippen molar-refractivity contribution in [3.05, 3.63) is 130 Å². The largest absolute Gasteiger partial charge is 0.487 e. The molecule has 0 radical (unpaired) electrons. The molecule has 190 valence electrons. The highest BCUT2D eigenvalue weighted by Crippen LogP contribution is 2.41. The van der Waals surface area contributed by atoms with Gasteiger partial charge in [-0.05, 0) is 61.1 Å². The number of hydrogen-bond acceptors (Lipinski definition) is 6. The Labute approximate surface area is 222 Å². The van der Waals surface area contributed by atoms with Gasteiger partial charge in [-0.25, -0.2) is 4.99 Å². The van der Waals surface area contributed by atoms with Crippen molar-refractivity contribution < 1.29 is 9.66 Å². The third-order valence-corrected chi connectivity index (χ3v) is 8.03. The van der Waals surface area contributed by atoms with Gasteiger partial charge in [0, 0.05) is 11.6 Å². The predicted octanol–water partition coefficient (Wildman–Crippen LogP) is 4.93. The SMILES string of the molecule is CCOc1ccc(C=c2sc3n(c2=O)C(c2ccc(C)cc2)C2=C(N=3)c3ccccc3CC2)cc1[N+](=O)[O-]. The smallest absolute Gasteiger partial charge is 0.311 e. The molecule has 0 N–H and O–H groups in total. The van der Waals surface area contributed by atoms with Gasteiger partial charge in [-0.3, -0.25) is 19.5 Å². The first-order valence-corrected chi connectivity index (χ1v) is 13.4. The minimum absolute atomic E-state index is 0.127. The first kappa shape index (κ1) is 24.1. The molecule has 38 heavy (non-hydrogen) atoms. The van der Waals surface area contributed by atoms with Gasteiger partial charge < -0.3 is 4.74 Å². The summed E-state index contributed by atoms with van der Waals surface area (Å²) in [5.41, 5.74) is 6.95. The Kier molecular flexibility index (Phi) is 6.04. The number of nitro benzene ring substituents is 1. The van der Waals surface area contributed by atoms with Gasteiger partial charge in [0.25, 0.3) is 5.56 Å². The zero-order valence-electron chi connectivity index (χ0n) is 21.0.